The first-order valence-corrected chi connectivity index (χ1v) is 7.99. The Hall–Kier alpha value is -0.580. The second-order valence-corrected chi connectivity index (χ2v) is 6.69. The van der Waals surface area contributed by atoms with E-state index in [1.54, 1.807) is 12.1 Å². The fourth-order valence-corrected chi connectivity index (χ4v) is 4.51. The van der Waals surface area contributed by atoms with Gasteiger partial charge in [0.15, 0.2) is 0 Å². The predicted octanol–water partition coefficient (Wildman–Crippen LogP) is 3.16. The maximum atomic E-state index is 12.9. The van der Waals surface area contributed by atoms with Crippen LogP contribution in [0.1, 0.15) is 30.9 Å². The van der Waals surface area contributed by atoms with Crippen molar-refractivity contribution in [3.05, 3.63) is 35.6 Å². The summed E-state index contributed by atoms with van der Waals surface area (Å²) >= 11 is 1.93. The van der Waals surface area contributed by atoms with E-state index in [1.165, 1.54) is 12.1 Å². The molecule has 3 atom stereocenters. The summed E-state index contributed by atoms with van der Waals surface area (Å²) in [6.45, 7) is 0.726. The van der Waals surface area contributed by atoms with Crippen LogP contribution >= 0.6 is 11.8 Å². The third-order valence-electron chi connectivity index (χ3n) is 4.26. The second-order valence-electron chi connectivity index (χ2n) is 5.58. The molecular formula is C15H19FO2S. The van der Waals surface area contributed by atoms with Gasteiger partial charge in [-0.2, -0.15) is 11.8 Å². The third-order valence-corrected chi connectivity index (χ3v) is 5.48. The van der Waals surface area contributed by atoms with Crippen molar-refractivity contribution in [2.75, 3.05) is 18.1 Å². The van der Waals surface area contributed by atoms with Crippen LogP contribution in [0, 0.1) is 11.7 Å². The first kappa shape index (κ1) is 13.4. The highest BCUT2D eigenvalue weighted by Gasteiger charge is 2.42. The van der Waals surface area contributed by atoms with Crippen LogP contribution in [-0.2, 0) is 4.74 Å². The van der Waals surface area contributed by atoms with Gasteiger partial charge in [0.2, 0.25) is 0 Å². The van der Waals surface area contributed by atoms with Gasteiger partial charge >= 0.3 is 0 Å². The van der Waals surface area contributed by atoms with E-state index in [2.05, 4.69) is 0 Å². The van der Waals surface area contributed by atoms with Crippen molar-refractivity contribution in [3.8, 4) is 0 Å². The number of halogens is 1. The van der Waals surface area contributed by atoms with Crippen molar-refractivity contribution in [2.45, 2.75) is 31.0 Å². The van der Waals surface area contributed by atoms with Crippen molar-refractivity contribution in [1.29, 1.82) is 0 Å². The molecule has 2 nitrogen and oxygen atoms in total. The molecule has 0 radical (unpaired) electrons. The molecule has 0 aromatic heterocycles. The largest absolute Gasteiger partial charge is 0.388 e. The van der Waals surface area contributed by atoms with E-state index in [0.717, 1.165) is 42.9 Å². The molecule has 2 saturated heterocycles. The van der Waals surface area contributed by atoms with Crippen molar-refractivity contribution in [3.63, 3.8) is 0 Å². The lowest BCUT2D eigenvalue weighted by atomic mass is 9.80. The van der Waals surface area contributed by atoms with Gasteiger partial charge in [0.1, 0.15) is 5.82 Å². The van der Waals surface area contributed by atoms with E-state index in [1.807, 2.05) is 11.8 Å². The van der Waals surface area contributed by atoms with Crippen LogP contribution in [0.5, 0.6) is 0 Å². The number of hydrogen-bond donors (Lipinski definition) is 1. The monoisotopic (exact) mass is 282 g/mol. The summed E-state index contributed by atoms with van der Waals surface area (Å²) in [4.78, 5) is 0. The molecule has 104 valence electrons. The number of thioether (sulfide) groups is 1. The Labute approximate surface area is 117 Å². The lowest BCUT2D eigenvalue weighted by Gasteiger charge is -2.39. The summed E-state index contributed by atoms with van der Waals surface area (Å²) in [5.74, 6) is 2.16. The molecule has 3 rings (SSSR count). The first-order valence-electron chi connectivity index (χ1n) is 6.84. The van der Waals surface area contributed by atoms with Crippen LogP contribution in [0.15, 0.2) is 24.3 Å². The molecule has 0 amide bonds. The molecule has 2 aliphatic rings. The van der Waals surface area contributed by atoms with Gasteiger partial charge in [-0.15, -0.1) is 0 Å². The van der Waals surface area contributed by atoms with Gasteiger partial charge in [0.25, 0.3) is 0 Å². The smallest absolute Gasteiger partial charge is 0.123 e. The molecule has 2 fully saturated rings. The molecule has 0 saturated carbocycles. The normalized spacial score (nSPS) is 32.6. The third kappa shape index (κ3) is 2.81. The molecule has 2 heterocycles. The Kier molecular flexibility index (Phi) is 3.83. The van der Waals surface area contributed by atoms with E-state index in [0.29, 0.717) is 0 Å². The first-order chi connectivity index (χ1) is 9.19. The average Bonchev–Trinajstić information content (AvgIpc) is 2.87. The lowest BCUT2D eigenvalue weighted by Crippen LogP contribution is -2.41. The van der Waals surface area contributed by atoms with Gasteiger partial charge in [-0.05, 0) is 48.6 Å². The Bertz CT molecular complexity index is 428. The highest BCUT2D eigenvalue weighted by Crippen LogP contribution is 2.43. The summed E-state index contributed by atoms with van der Waals surface area (Å²) in [5.41, 5.74) is 0.795. The minimum atomic E-state index is -0.507. The number of ether oxygens (including phenoxy) is 1. The van der Waals surface area contributed by atoms with Gasteiger partial charge in [0, 0.05) is 12.4 Å². The van der Waals surface area contributed by atoms with E-state index in [4.69, 9.17) is 4.74 Å². The zero-order valence-electron chi connectivity index (χ0n) is 10.8. The molecule has 0 aliphatic carbocycles. The molecule has 3 unspecified atom stereocenters. The van der Waals surface area contributed by atoms with Crippen LogP contribution in [-0.4, -0.2) is 28.8 Å². The number of aliphatic hydroxyl groups excluding tert-OH is 1. The Morgan fingerprint density at radius 3 is 2.84 bits per heavy atom. The second kappa shape index (κ2) is 5.43. The molecule has 0 bridgehead atoms. The molecule has 1 aromatic carbocycles. The van der Waals surface area contributed by atoms with Crippen LogP contribution in [0.2, 0.25) is 0 Å². The van der Waals surface area contributed by atoms with E-state index in [9.17, 15) is 9.50 Å². The van der Waals surface area contributed by atoms with Crippen LogP contribution in [0.25, 0.3) is 0 Å². The molecule has 19 heavy (non-hydrogen) atoms. The Morgan fingerprint density at radius 2 is 2.16 bits per heavy atom. The van der Waals surface area contributed by atoms with Gasteiger partial charge in [-0.1, -0.05) is 12.1 Å². The van der Waals surface area contributed by atoms with E-state index < -0.39 is 6.10 Å². The standard InChI is InChI=1S/C15H19FO2S/c16-13-3-1-11(2-4-13)14(17)12-5-7-18-15(9-12)6-8-19-10-15/h1-4,12,14,17H,5-10H2. The SMILES string of the molecule is OC(c1ccc(F)cc1)C1CCOC2(CCSC2)C1. The highest BCUT2D eigenvalue weighted by atomic mass is 32.2. The quantitative estimate of drug-likeness (QED) is 0.903. The van der Waals surface area contributed by atoms with Gasteiger partial charge < -0.3 is 9.84 Å². The van der Waals surface area contributed by atoms with Gasteiger partial charge in [-0.3, -0.25) is 0 Å². The van der Waals surface area contributed by atoms with Crippen molar-refractivity contribution in [1.82, 2.24) is 0 Å². The maximum absolute atomic E-state index is 12.9. The van der Waals surface area contributed by atoms with E-state index in [-0.39, 0.29) is 17.3 Å². The van der Waals surface area contributed by atoms with Crippen LogP contribution in [0.4, 0.5) is 4.39 Å². The zero-order valence-corrected chi connectivity index (χ0v) is 11.7. The van der Waals surface area contributed by atoms with Gasteiger partial charge in [0.05, 0.1) is 11.7 Å². The molecule has 1 spiro atoms. The summed E-state index contributed by atoms with van der Waals surface area (Å²) in [6, 6.07) is 6.20. The molecular weight excluding hydrogens is 263 g/mol. The Morgan fingerprint density at radius 1 is 1.37 bits per heavy atom. The fraction of sp³-hybridized carbons (Fsp3) is 0.600. The average molecular weight is 282 g/mol. The summed E-state index contributed by atoms with van der Waals surface area (Å²) in [7, 11) is 0. The van der Waals surface area contributed by atoms with Gasteiger partial charge in [-0.25, -0.2) is 4.39 Å². The molecule has 4 heteroatoms. The maximum Gasteiger partial charge on any atom is 0.123 e. The lowest BCUT2D eigenvalue weighted by molar-refractivity contribution is -0.102. The summed E-state index contributed by atoms with van der Waals surface area (Å²) in [5, 5.41) is 10.5. The number of aliphatic hydroxyl groups is 1. The number of benzene rings is 1. The minimum Gasteiger partial charge on any atom is -0.388 e. The minimum absolute atomic E-state index is 0.0193. The van der Waals surface area contributed by atoms with Crippen LogP contribution in [0.3, 0.4) is 0 Å². The molecule has 2 aliphatic heterocycles. The Balaban J connectivity index is 1.72. The highest BCUT2D eigenvalue weighted by molar-refractivity contribution is 7.99. The summed E-state index contributed by atoms with van der Waals surface area (Å²) in [6.07, 6.45) is 2.38. The predicted molar refractivity (Wildman–Crippen MR) is 74.7 cm³/mol. The number of hydrogen-bond acceptors (Lipinski definition) is 3. The van der Waals surface area contributed by atoms with Crippen molar-refractivity contribution < 1.29 is 14.2 Å². The molecule has 1 aromatic rings. The van der Waals surface area contributed by atoms with Crippen molar-refractivity contribution >= 4 is 11.8 Å². The van der Waals surface area contributed by atoms with Crippen molar-refractivity contribution in [2.24, 2.45) is 5.92 Å². The zero-order chi connectivity index (χ0) is 13.3. The summed E-state index contributed by atoms with van der Waals surface area (Å²) < 4.78 is 18.9. The van der Waals surface area contributed by atoms with E-state index >= 15 is 0 Å². The van der Waals surface area contributed by atoms with Crippen LogP contribution < -0.4 is 0 Å². The topological polar surface area (TPSA) is 29.5 Å². The number of rotatable bonds is 2. The molecule has 1 N–H and O–H groups in total. The fourth-order valence-electron chi connectivity index (χ4n) is 3.13.